The molecule has 0 aromatic heterocycles. The highest BCUT2D eigenvalue weighted by molar-refractivity contribution is 8.02. The van der Waals surface area contributed by atoms with Gasteiger partial charge in [-0.25, -0.2) is 0 Å². The quantitative estimate of drug-likeness (QED) is 0.459. The molecule has 0 amide bonds. The number of carbonyl (C=O) groups is 1. The molecule has 1 aliphatic rings. The van der Waals surface area contributed by atoms with Crippen LogP contribution in [0.15, 0.2) is 71.6 Å². The van der Waals surface area contributed by atoms with Gasteiger partial charge in [0.25, 0.3) is 0 Å². The van der Waals surface area contributed by atoms with E-state index in [-0.39, 0.29) is 0 Å². The molecule has 0 aliphatic heterocycles. The Balaban J connectivity index is 2.01. The zero-order chi connectivity index (χ0) is 17.5. The van der Waals surface area contributed by atoms with E-state index >= 15 is 0 Å². The molecule has 1 nitrogen and oxygen atoms in total. The van der Waals surface area contributed by atoms with Gasteiger partial charge in [0.15, 0.2) is 5.78 Å². The van der Waals surface area contributed by atoms with E-state index in [1.807, 2.05) is 36.4 Å². The zero-order valence-corrected chi connectivity index (χ0v) is 15.7. The molecule has 1 fully saturated rings. The highest BCUT2D eigenvalue weighted by Crippen LogP contribution is 2.44. The van der Waals surface area contributed by atoms with Crippen LogP contribution >= 0.6 is 11.8 Å². The molecule has 0 unspecified atom stereocenters. The number of thioether (sulfide) groups is 1. The van der Waals surface area contributed by atoms with Crippen molar-refractivity contribution in [3.63, 3.8) is 0 Å². The summed E-state index contributed by atoms with van der Waals surface area (Å²) in [6.07, 6.45) is 5.24. The third-order valence-electron chi connectivity index (χ3n) is 5.05. The van der Waals surface area contributed by atoms with Gasteiger partial charge in [0.2, 0.25) is 0 Å². The molecule has 0 N–H and O–H groups in total. The van der Waals surface area contributed by atoms with Gasteiger partial charge < -0.3 is 0 Å². The summed E-state index contributed by atoms with van der Waals surface area (Å²) in [5, 5.41) is 2.14. The Hall–Kier alpha value is -1.80. The van der Waals surface area contributed by atoms with Gasteiger partial charge in [-0.05, 0) is 48.0 Å². The van der Waals surface area contributed by atoms with Crippen LogP contribution < -0.4 is 0 Å². The predicted octanol–water partition coefficient (Wildman–Crippen LogP) is 6.14. The van der Waals surface area contributed by atoms with Crippen LogP contribution in [0.1, 0.15) is 50.2 Å². The van der Waals surface area contributed by atoms with Gasteiger partial charge in [-0.2, -0.15) is 0 Å². The Morgan fingerprint density at radius 2 is 1.60 bits per heavy atom. The first kappa shape index (κ1) is 18.0. The SMILES string of the molecule is CCCCS/C=C1\CCCC(c2ccccc2)(c2ccccc2)C1=O. The van der Waals surface area contributed by atoms with Crippen molar-refractivity contribution in [1.82, 2.24) is 0 Å². The van der Waals surface area contributed by atoms with Crippen molar-refractivity contribution >= 4 is 17.5 Å². The minimum absolute atomic E-state index is 0.292. The fraction of sp³-hybridized carbons (Fsp3) is 0.348. The first-order chi connectivity index (χ1) is 12.3. The maximum Gasteiger partial charge on any atom is 0.174 e. The lowest BCUT2D eigenvalue weighted by Gasteiger charge is -2.38. The van der Waals surface area contributed by atoms with E-state index in [0.717, 1.165) is 41.7 Å². The van der Waals surface area contributed by atoms with Crippen molar-refractivity contribution in [1.29, 1.82) is 0 Å². The summed E-state index contributed by atoms with van der Waals surface area (Å²) in [7, 11) is 0. The van der Waals surface area contributed by atoms with Crippen molar-refractivity contribution < 1.29 is 4.79 Å². The van der Waals surface area contributed by atoms with Gasteiger partial charge in [0.1, 0.15) is 0 Å². The molecule has 2 aromatic carbocycles. The van der Waals surface area contributed by atoms with Crippen molar-refractivity contribution in [2.75, 3.05) is 5.75 Å². The van der Waals surface area contributed by atoms with E-state index in [9.17, 15) is 4.79 Å². The number of rotatable bonds is 6. The summed E-state index contributed by atoms with van der Waals surface area (Å²) in [6.45, 7) is 2.20. The molecule has 2 heteroatoms. The number of carbonyl (C=O) groups excluding carboxylic acids is 1. The molecular weight excluding hydrogens is 324 g/mol. The average molecular weight is 351 g/mol. The van der Waals surface area contributed by atoms with E-state index in [0.29, 0.717) is 5.78 Å². The fourth-order valence-electron chi connectivity index (χ4n) is 3.71. The Bertz CT molecular complexity index is 679. The van der Waals surface area contributed by atoms with Gasteiger partial charge in [0.05, 0.1) is 5.41 Å². The molecule has 25 heavy (non-hydrogen) atoms. The second kappa shape index (κ2) is 8.53. The Morgan fingerprint density at radius 1 is 1.00 bits per heavy atom. The molecule has 0 radical (unpaired) electrons. The molecule has 1 saturated carbocycles. The lowest BCUT2D eigenvalue weighted by molar-refractivity contribution is -0.120. The summed E-state index contributed by atoms with van der Waals surface area (Å²) in [6, 6.07) is 20.6. The highest BCUT2D eigenvalue weighted by Gasteiger charge is 2.44. The summed E-state index contributed by atoms with van der Waals surface area (Å²) in [5.74, 6) is 1.39. The number of hydrogen-bond donors (Lipinski definition) is 0. The van der Waals surface area contributed by atoms with E-state index in [1.165, 1.54) is 12.8 Å². The van der Waals surface area contributed by atoms with Gasteiger partial charge in [-0.15, -0.1) is 11.8 Å². The van der Waals surface area contributed by atoms with E-state index in [1.54, 1.807) is 11.8 Å². The van der Waals surface area contributed by atoms with Crippen LogP contribution in [0.4, 0.5) is 0 Å². The summed E-state index contributed by atoms with van der Waals surface area (Å²) in [4.78, 5) is 13.6. The molecule has 1 aliphatic carbocycles. The van der Waals surface area contributed by atoms with Crippen LogP contribution in [-0.4, -0.2) is 11.5 Å². The molecule has 0 saturated heterocycles. The minimum atomic E-state index is -0.530. The Kier molecular flexibility index (Phi) is 6.14. The number of unbranched alkanes of at least 4 members (excludes halogenated alkanes) is 1. The zero-order valence-electron chi connectivity index (χ0n) is 14.9. The first-order valence-corrected chi connectivity index (χ1v) is 10.3. The summed E-state index contributed by atoms with van der Waals surface area (Å²) >= 11 is 1.80. The number of ketones is 1. The van der Waals surface area contributed by atoms with Crippen molar-refractivity contribution in [2.24, 2.45) is 0 Å². The van der Waals surface area contributed by atoms with Crippen LogP contribution in [0.3, 0.4) is 0 Å². The van der Waals surface area contributed by atoms with Gasteiger partial charge >= 0.3 is 0 Å². The van der Waals surface area contributed by atoms with E-state index in [4.69, 9.17) is 0 Å². The average Bonchev–Trinajstić information content (AvgIpc) is 2.68. The van der Waals surface area contributed by atoms with Gasteiger partial charge in [-0.1, -0.05) is 74.0 Å². The van der Waals surface area contributed by atoms with Gasteiger partial charge in [0, 0.05) is 5.57 Å². The lowest BCUT2D eigenvalue weighted by atomic mass is 9.63. The van der Waals surface area contributed by atoms with Crippen molar-refractivity contribution in [3.8, 4) is 0 Å². The van der Waals surface area contributed by atoms with Crippen LogP contribution in [0.25, 0.3) is 0 Å². The fourth-order valence-corrected chi connectivity index (χ4v) is 4.71. The van der Waals surface area contributed by atoms with E-state index < -0.39 is 5.41 Å². The Labute approximate surface area is 155 Å². The normalized spacial score (nSPS) is 18.4. The standard InChI is InChI=1S/C23H26OS/c1-2-3-17-25-18-19-11-10-16-23(22(19)24,20-12-6-4-7-13-20)21-14-8-5-9-15-21/h4-9,12-15,18H,2-3,10-11,16-17H2,1H3/b19-18+. The second-order valence-electron chi connectivity index (χ2n) is 6.69. The topological polar surface area (TPSA) is 17.1 Å². The summed E-state index contributed by atoms with van der Waals surface area (Å²) < 4.78 is 0. The number of benzene rings is 2. The van der Waals surface area contributed by atoms with Crippen LogP contribution in [0, 0.1) is 0 Å². The van der Waals surface area contributed by atoms with Crippen LogP contribution in [0.2, 0.25) is 0 Å². The van der Waals surface area contributed by atoms with Crippen LogP contribution in [-0.2, 0) is 10.2 Å². The maximum absolute atomic E-state index is 13.6. The molecule has 0 heterocycles. The van der Waals surface area contributed by atoms with Crippen molar-refractivity contribution in [2.45, 2.75) is 44.4 Å². The second-order valence-corrected chi connectivity index (χ2v) is 7.66. The smallest absolute Gasteiger partial charge is 0.174 e. The van der Waals surface area contributed by atoms with Crippen molar-refractivity contribution in [3.05, 3.63) is 82.8 Å². The summed E-state index contributed by atoms with van der Waals surface area (Å²) in [5.41, 5.74) is 2.71. The Morgan fingerprint density at radius 3 is 2.16 bits per heavy atom. The molecule has 3 rings (SSSR count). The molecule has 0 spiro atoms. The lowest BCUT2D eigenvalue weighted by Crippen LogP contribution is -2.41. The number of allylic oxidation sites excluding steroid dienone is 1. The molecule has 130 valence electrons. The third-order valence-corrected chi connectivity index (χ3v) is 6.03. The van der Waals surface area contributed by atoms with E-state index in [2.05, 4.69) is 36.6 Å². The molecular formula is C23H26OS. The molecule has 0 bridgehead atoms. The predicted molar refractivity (Wildman–Crippen MR) is 108 cm³/mol. The van der Waals surface area contributed by atoms with Crippen LogP contribution in [0.5, 0.6) is 0 Å². The van der Waals surface area contributed by atoms with Gasteiger partial charge in [-0.3, -0.25) is 4.79 Å². The number of hydrogen-bond acceptors (Lipinski definition) is 2. The highest BCUT2D eigenvalue weighted by atomic mass is 32.2. The monoisotopic (exact) mass is 350 g/mol. The minimum Gasteiger partial charge on any atom is -0.293 e. The first-order valence-electron chi connectivity index (χ1n) is 9.25. The molecule has 2 aromatic rings. The molecule has 0 atom stereocenters. The maximum atomic E-state index is 13.6. The number of Topliss-reactive ketones (excluding diaryl/α,β-unsaturated/α-hetero) is 1. The third kappa shape index (κ3) is 3.74. The largest absolute Gasteiger partial charge is 0.293 e.